The van der Waals surface area contributed by atoms with Crippen LogP contribution in [0.1, 0.15) is 48.5 Å². The van der Waals surface area contributed by atoms with Crippen molar-refractivity contribution >= 4 is 40.5 Å². The van der Waals surface area contributed by atoms with Gasteiger partial charge in [-0.05, 0) is 38.2 Å². The van der Waals surface area contributed by atoms with Crippen LogP contribution in [0.5, 0.6) is 0 Å². The Morgan fingerprint density at radius 1 is 1.10 bits per heavy atom. The van der Waals surface area contributed by atoms with Crippen molar-refractivity contribution in [1.82, 2.24) is 15.3 Å². The molecule has 0 saturated heterocycles. The summed E-state index contributed by atoms with van der Waals surface area (Å²) in [6, 6.07) is 9.82. The second-order valence-corrected chi connectivity index (χ2v) is 7.99. The molecule has 1 aliphatic carbocycles. The Balaban J connectivity index is 1.47. The van der Waals surface area contributed by atoms with Crippen LogP contribution in [-0.4, -0.2) is 40.7 Å². The minimum Gasteiger partial charge on any atom is -0.462 e. The molecule has 0 aliphatic heterocycles. The number of esters is 1. The number of hydrogen-bond acceptors (Lipinski definition) is 7. The van der Waals surface area contributed by atoms with Crippen molar-refractivity contribution < 1.29 is 19.1 Å². The first-order valence-electron chi connectivity index (χ1n) is 9.98. The first kappa shape index (κ1) is 22.3. The quantitative estimate of drug-likeness (QED) is 0.322. The second-order valence-electron chi connectivity index (χ2n) is 7.02. The summed E-state index contributed by atoms with van der Waals surface area (Å²) in [5, 5.41) is 6.29. The van der Waals surface area contributed by atoms with Gasteiger partial charge in [0.05, 0.1) is 6.61 Å². The highest BCUT2D eigenvalue weighted by atomic mass is 127. The third-order valence-electron chi connectivity index (χ3n) is 4.86. The third-order valence-corrected chi connectivity index (χ3v) is 5.38. The number of amides is 1. The van der Waals surface area contributed by atoms with E-state index in [0.29, 0.717) is 21.8 Å². The predicted molar refractivity (Wildman–Crippen MR) is 120 cm³/mol. The summed E-state index contributed by atoms with van der Waals surface area (Å²) in [5.41, 5.74) is 1.29. The van der Waals surface area contributed by atoms with Crippen molar-refractivity contribution in [2.45, 2.75) is 51.3 Å². The summed E-state index contributed by atoms with van der Waals surface area (Å²) in [4.78, 5) is 32.7. The molecule has 2 aromatic rings. The predicted octanol–water partition coefficient (Wildman–Crippen LogP) is 3.91. The van der Waals surface area contributed by atoms with Gasteiger partial charge in [0.25, 0.3) is 0 Å². The van der Waals surface area contributed by atoms with E-state index < -0.39 is 12.1 Å². The van der Waals surface area contributed by atoms with Gasteiger partial charge in [0, 0.05) is 40.9 Å². The summed E-state index contributed by atoms with van der Waals surface area (Å²) in [7, 11) is 0. The third kappa shape index (κ3) is 6.54. The van der Waals surface area contributed by atoms with Crippen LogP contribution in [0.3, 0.4) is 0 Å². The lowest BCUT2D eigenvalue weighted by Crippen LogP contribution is -2.40. The van der Waals surface area contributed by atoms with Crippen molar-refractivity contribution in [3.05, 3.63) is 51.5 Å². The van der Waals surface area contributed by atoms with Gasteiger partial charge in [0.15, 0.2) is 3.83 Å². The Hall–Kier alpha value is -2.43. The van der Waals surface area contributed by atoms with E-state index in [0.717, 1.165) is 31.2 Å². The molecule has 1 fully saturated rings. The molecule has 0 radical (unpaired) electrons. The maximum Gasteiger partial charge on any atom is 0.407 e. The number of halogens is 1. The Morgan fingerprint density at radius 2 is 1.80 bits per heavy atom. The molecule has 0 atom stereocenters. The fraction of sp³-hybridized carbons (Fsp3) is 0.429. The van der Waals surface area contributed by atoms with Gasteiger partial charge < -0.3 is 20.1 Å². The SMILES string of the molecule is CCOC(=O)c1cnc(I)nc1NC1CCC(NC(=O)OCc2ccccc2)CC1. The van der Waals surface area contributed by atoms with Gasteiger partial charge in [-0.25, -0.2) is 19.6 Å². The largest absolute Gasteiger partial charge is 0.462 e. The summed E-state index contributed by atoms with van der Waals surface area (Å²) >= 11 is 2.01. The van der Waals surface area contributed by atoms with E-state index >= 15 is 0 Å². The molecule has 1 aromatic heterocycles. The second kappa shape index (κ2) is 11.1. The first-order valence-corrected chi connectivity index (χ1v) is 11.1. The highest BCUT2D eigenvalue weighted by Crippen LogP contribution is 2.24. The smallest absolute Gasteiger partial charge is 0.407 e. The lowest BCUT2D eigenvalue weighted by atomic mass is 9.91. The molecule has 0 unspecified atom stereocenters. The minimum absolute atomic E-state index is 0.0707. The first-order chi connectivity index (χ1) is 14.5. The molecule has 30 heavy (non-hydrogen) atoms. The van der Waals surface area contributed by atoms with Gasteiger partial charge in [0.2, 0.25) is 0 Å². The maximum atomic E-state index is 12.1. The number of ether oxygens (including phenoxy) is 2. The molecule has 0 bridgehead atoms. The molecule has 160 valence electrons. The minimum atomic E-state index is -0.437. The van der Waals surface area contributed by atoms with E-state index in [4.69, 9.17) is 9.47 Å². The van der Waals surface area contributed by atoms with Crippen molar-refractivity contribution in [2.75, 3.05) is 11.9 Å². The average molecular weight is 524 g/mol. The molecule has 3 rings (SSSR count). The Morgan fingerprint density at radius 3 is 2.50 bits per heavy atom. The number of hydrogen-bond donors (Lipinski definition) is 2. The number of benzene rings is 1. The molecule has 0 spiro atoms. The number of nitrogens with one attached hydrogen (secondary N) is 2. The van der Waals surface area contributed by atoms with Crippen LogP contribution in [0.2, 0.25) is 0 Å². The van der Waals surface area contributed by atoms with Gasteiger partial charge in [-0.15, -0.1) is 0 Å². The topological polar surface area (TPSA) is 102 Å². The molecular weight excluding hydrogens is 499 g/mol. The van der Waals surface area contributed by atoms with Gasteiger partial charge in [-0.2, -0.15) is 0 Å². The number of alkyl carbamates (subject to hydrolysis) is 1. The zero-order chi connectivity index (χ0) is 21.3. The van der Waals surface area contributed by atoms with E-state index in [1.807, 2.05) is 52.9 Å². The van der Waals surface area contributed by atoms with Crippen LogP contribution in [0, 0.1) is 3.83 Å². The van der Waals surface area contributed by atoms with Gasteiger partial charge in [-0.1, -0.05) is 30.3 Å². The lowest BCUT2D eigenvalue weighted by molar-refractivity contribution is 0.0526. The maximum absolute atomic E-state index is 12.1. The molecule has 8 nitrogen and oxygen atoms in total. The van der Waals surface area contributed by atoms with E-state index in [2.05, 4.69) is 20.6 Å². The standard InChI is InChI=1S/C21H25IN4O4/c1-2-29-19(27)17-12-23-20(22)26-18(17)24-15-8-10-16(11-9-15)25-21(28)30-13-14-6-4-3-5-7-14/h3-7,12,15-16H,2,8-11,13H2,1H3,(H,25,28)(H,23,24,26). The Labute approximate surface area is 189 Å². The van der Waals surface area contributed by atoms with E-state index in [1.165, 1.54) is 6.20 Å². The van der Waals surface area contributed by atoms with Crippen LogP contribution >= 0.6 is 22.6 Å². The van der Waals surface area contributed by atoms with Crippen molar-refractivity contribution in [3.8, 4) is 0 Å². The number of anilines is 1. The molecule has 2 N–H and O–H groups in total. The normalized spacial score (nSPS) is 18.3. The van der Waals surface area contributed by atoms with Crippen LogP contribution in [-0.2, 0) is 16.1 Å². The molecule has 1 aliphatic rings. The Kier molecular flexibility index (Phi) is 8.23. The van der Waals surface area contributed by atoms with Crippen LogP contribution in [0.25, 0.3) is 0 Å². The summed E-state index contributed by atoms with van der Waals surface area (Å²) in [6.45, 7) is 2.31. The van der Waals surface area contributed by atoms with Gasteiger partial charge in [0.1, 0.15) is 18.0 Å². The van der Waals surface area contributed by atoms with E-state index in [-0.39, 0.29) is 18.7 Å². The molecule has 1 saturated carbocycles. The fourth-order valence-corrected chi connectivity index (χ4v) is 3.72. The van der Waals surface area contributed by atoms with Crippen LogP contribution in [0.4, 0.5) is 10.6 Å². The van der Waals surface area contributed by atoms with Gasteiger partial charge in [-0.3, -0.25) is 0 Å². The monoisotopic (exact) mass is 524 g/mol. The zero-order valence-corrected chi connectivity index (χ0v) is 18.9. The fourth-order valence-electron chi connectivity index (χ4n) is 3.34. The summed E-state index contributed by atoms with van der Waals surface area (Å²) in [6.07, 6.45) is 4.40. The Bertz CT molecular complexity index is 857. The summed E-state index contributed by atoms with van der Waals surface area (Å²) in [5.74, 6) is 0.0550. The van der Waals surface area contributed by atoms with Crippen molar-refractivity contribution in [2.24, 2.45) is 0 Å². The van der Waals surface area contributed by atoms with Crippen LogP contribution in [0.15, 0.2) is 36.5 Å². The molecule has 1 aromatic carbocycles. The van der Waals surface area contributed by atoms with Crippen molar-refractivity contribution in [3.63, 3.8) is 0 Å². The number of carbonyl (C=O) groups is 2. The molecule has 1 heterocycles. The van der Waals surface area contributed by atoms with Crippen molar-refractivity contribution in [1.29, 1.82) is 0 Å². The van der Waals surface area contributed by atoms with E-state index in [1.54, 1.807) is 6.92 Å². The number of carbonyl (C=O) groups excluding carboxylic acids is 2. The highest BCUT2D eigenvalue weighted by molar-refractivity contribution is 14.1. The number of rotatable bonds is 7. The molecular formula is C21H25IN4O4. The molecule has 9 heteroatoms. The van der Waals surface area contributed by atoms with E-state index in [9.17, 15) is 9.59 Å². The highest BCUT2D eigenvalue weighted by Gasteiger charge is 2.25. The average Bonchev–Trinajstić information content (AvgIpc) is 2.75. The van der Waals surface area contributed by atoms with Gasteiger partial charge >= 0.3 is 12.1 Å². The lowest BCUT2D eigenvalue weighted by Gasteiger charge is -2.30. The summed E-state index contributed by atoms with van der Waals surface area (Å²) < 4.78 is 10.9. The number of aromatic nitrogens is 2. The van der Waals surface area contributed by atoms with Crippen LogP contribution < -0.4 is 10.6 Å². The molecule has 1 amide bonds. The number of nitrogens with zero attached hydrogens (tertiary/aromatic N) is 2. The zero-order valence-electron chi connectivity index (χ0n) is 16.8.